The number of para-hydroxylation sites is 1. The first-order valence-corrected chi connectivity index (χ1v) is 4.71. The minimum absolute atomic E-state index is 0.349. The molecule has 0 atom stereocenters. The number of carbonyl (C=O) groups is 1. The monoisotopic (exact) mass is 201 g/mol. The Morgan fingerprint density at radius 2 is 2.00 bits per heavy atom. The van der Waals surface area contributed by atoms with Crippen LogP contribution in [0.5, 0.6) is 0 Å². The fourth-order valence-electron chi connectivity index (χ4n) is 1.47. The average molecular weight is 201 g/mol. The van der Waals surface area contributed by atoms with Crippen molar-refractivity contribution in [2.75, 3.05) is 11.4 Å². The molecule has 0 aromatic heterocycles. The zero-order valence-corrected chi connectivity index (χ0v) is 8.13. The van der Waals surface area contributed by atoms with Gasteiger partial charge in [-0.25, -0.2) is 4.79 Å². The molecule has 1 aliphatic rings. The fraction of sp³-hybridized carbons (Fsp3) is 0.0833. The van der Waals surface area contributed by atoms with Crippen molar-refractivity contribution in [3.05, 3.63) is 54.3 Å². The third-order valence-electron chi connectivity index (χ3n) is 2.28. The molecule has 0 aliphatic carbocycles. The SMILES string of the molecule is O=C(O)C1=CCN(c2ccccc2)C=C1. The minimum Gasteiger partial charge on any atom is -0.478 e. The molecular formula is C12H11NO2. The molecule has 0 radical (unpaired) electrons. The van der Waals surface area contributed by atoms with Gasteiger partial charge in [0, 0.05) is 18.4 Å². The van der Waals surface area contributed by atoms with Crippen LogP contribution in [0.4, 0.5) is 5.69 Å². The third-order valence-corrected chi connectivity index (χ3v) is 2.28. The van der Waals surface area contributed by atoms with Crippen LogP contribution < -0.4 is 4.90 Å². The molecule has 3 nitrogen and oxygen atoms in total. The Labute approximate surface area is 88.0 Å². The number of hydrogen-bond acceptors (Lipinski definition) is 2. The van der Waals surface area contributed by atoms with Gasteiger partial charge in [0.25, 0.3) is 0 Å². The van der Waals surface area contributed by atoms with Crippen LogP contribution in [-0.2, 0) is 4.79 Å². The summed E-state index contributed by atoms with van der Waals surface area (Å²) in [4.78, 5) is 12.7. The number of carboxylic acids is 1. The van der Waals surface area contributed by atoms with Gasteiger partial charge < -0.3 is 10.0 Å². The molecule has 0 fully saturated rings. The van der Waals surface area contributed by atoms with Crippen LogP contribution in [0.2, 0.25) is 0 Å². The summed E-state index contributed by atoms with van der Waals surface area (Å²) < 4.78 is 0. The normalized spacial score (nSPS) is 14.9. The molecule has 0 unspecified atom stereocenters. The molecule has 3 heteroatoms. The van der Waals surface area contributed by atoms with E-state index in [2.05, 4.69) is 0 Å². The molecule has 15 heavy (non-hydrogen) atoms. The van der Waals surface area contributed by atoms with E-state index in [1.165, 1.54) is 0 Å². The summed E-state index contributed by atoms with van der Waals surface area (Å²) in [6.07, 6.45) is 5.10. The van der Waals surface area contributed by atoms with Gasteiger partial charge in [-0.15, -0.1) is 0 Å². The maximum Gasteiger partial charge on any atom is 0.335 e. The highest BCUT2D eigenvalue weighted by Crippen LogP contribution is 2.17. The van der Waals surface area contributed by atoms with E-state index < -0.39 is 5.97 Å². The van der Waals surface area contributed by atoms with Crippen molar-refractivity contribution < 1.29 is 9.90 Å². The molecule has 0 spiro atoms. The summed E-state index contributed by atoms with van der Waals surface area (Å²) in [7, 11) is 0. The van der Waals surface area contributed by atoms with Crippen molar-refractivity contribution in [1.29, 1.82) is 0 Å². The van der Waals surface area contributed by atoms with Gasteiger partial charge in [0.15, 0.2) is 0 Å². The second-order valence-corrected chi connectivity index (χ2v) is 3.27. The Kier molecular flexibility index (Phi) is 2.54. The molecule has 1 aromatic rings. The van der Waals surface area contributed by atoms with E-state index >= 15 is 0 Å². The van der Waals surface area contributed by atoms with Gasteiger partial charge in [0.1, 0.15) is 0 Å². The number of rotatable bonds is 2. The standard InChI is InChI=1S/C12H11NO2/c14-12(15)10-6-8-13(9-7-10)11-4-2-1-3-5-11/h1-8H,9H2,(H,14,15). The van der Waals surface area contributed by atoms with E-state index in [0.717, 1.165) is 5.69 Å². The van der Waals surface area contributed by atoms with Crippen molar-refractivity contribution >= 4 is 11.7 Å². The fourth-order valence-corrected chi connectivity index (χ4v) is 1.47. The van der Waals surface area contributed by atoms with Crippen molar-refractivity contribution in [2.24, 2.45) is 0 Å². The van der Waals surface area contributed by atoms with Gasteiger partial charge in [-0.05, 0) is 18.2 Å². The van der Waals surface area contributed by atoms with Crippen LogP contribution in [0.15, 0.2) is 54.3 Å². The zero-order valence-electron chi connectivity index (χ0n) is 8.13. The van der Waals surface area contributed by atoms with Crippen LogP contribution in [0, 0.1) is 0 Å². The quantitative estimate of drug-likeness (QED) is 0.795. The second kappa shape index (κ2) is 4.00. The summed E-state index contributed by atoms with van der Waals surface area (Å²) in [5.41, 5.74) is 1.41. The highest BCUT2D eigenvalue weighted by Gasteiger charge is 2.10. The van der Waals surface area contributed by atoms with Crippen LogP contribution in [0.3, 0.4) is 0 Å². The summed E-state index contributed by atoms with van der Waals surface area (Å²) in [5.74, 6) is -0.876. The number of benzene rings is 1. The van der Waals surface area contributed by atoms with Crippen molar-refractivity contribution in [2.45, 2.75) is 0 Å². The van der Waals surface area contributed by atoms with Gasteiger partial charge in [-0.1, -0.05) is 24.3 Å². The molecule has 1 heterocycles. The first-order chi connectivity index (χ1) is 7.27. The van der Waals surface area contributed by atoms with E-state index in [1.807, 2.05) is 35.2 Å². The largest absolute Gasteiger partial charge is 0.478 e. The van der Waals surface area contributed by atoms with E-state index in [-0.39, 0.29) is 0 Å². The van der Waals surface area contributed by atoms with Crippen LogP contribution in [0.1, 0.15) is 0 Å². The van der Waals surface area contributed by atoms with Crippen LogP contribution >= 0.6 is 0 Å². The number of nitrogens with zero attached hydrogens (tertiary/aromatic N) is 1. The van der Waals surface area contributed by atoms with Gasteiger partial charge in [0.05, 0.1) is 5.57 Å². The van der Waals surface area contributed by atoms with Gasteiger partial charge in [-0.2, -0.15) is 0 Å². The maximum absolute atomic E-state index is 10.7. The van der Waals surface area contributed by atoms with Gasteiger partial charge in [0.2, 0.25) is 0 Å². The molecule has 0 saturated heterocycles. The maximum atomic E-state index is 10.7. The number of aliphatic carboxylic acids is 1. The smallest absolute Gasteiger partial charge is 0.335 e. The second-order valence-electron chi connectivity index (χ2n) is 3.27. The molecule has 0 saturated carbocycles. The van der Waals surface area contributed by atoms with E-state index in [0.29, 0.717) is 12.1 Å². The Morgan fingerprint density at radius 1 is 1.27 bits per heavy atom. The van der Waals surface area contributed by atoms with Gasteiger partial charge in [-0.3, -0.25) is 0 Å². The third kappa shape index (κ3) is 2.07. The Hall–Kier alpha value is -2.03. The number of hydrogen-bond donors (Lipinski definition) is 1. The number of carboxylic acid groups (broad SMARTS) is 1. The summed E-state index contributed by atoms with van der Waals surface area (Å²) in [6.45, 7) is 0.599. The Morgan fingerprint density at radius 3 is 2.53 bits per heavy atom. The zero-order chi connectivity index (χ0) is 10.7. The minimum atomic E-state index is -0.876. The molecule has 1 aromatic carbocycles. The van der Waals surface area contributed by atoms with Crippen LogP contribution in [0.25, 0.3) is 0 Å². The predicted octanol–water partition coefficient (Wildman–Crippen LogP) is 2.03. The topological polar surface area (TPSA) is 40.5 Å². The molecule has 2 rings (SSSR count). The highest BCUT2D eigenvalue weighted by molar-refractivity contribution is 5.90. The lowest BCUT2D eigenvalue weighted by molar-refractivity contribution is -0.132. The Balaban J connectivity index is 2.14. The average Bonchev–Trinajstić information content (AvgIpc) is 2.30. The van der Waals surface area contributed by atoms with Crippen molar-refractivity contribution in [3.8, 4) is 0 Å². The number of anilines is 1. The summed E-state index contributed by atoms with van der Waals surface area (Å²) >= 11 is 0. The first-order valence-electron chi connectivity index (χ1n) is 4.71. The first kappa shape index (κ1) is 9.52. The predicted molar refractivity (Wildman–Crippen MR) is 58.6 cm³/mol. The molecule has 0 bridgehead atoms. The van der Waals surface area contributed by atoms with Gasteiger partial charge >= 0.3 is 5.97 Å². The highest BCUT2D eigenvalue weighted by atomic mass is 16.4. The van der Waals surface area contributed by atoms with E-state index in [4.69, 9.17) is 5.11 Å². The van der Waals surface area contributed by atoms with Crippen LogP contribution in [-0.4, -0.2) is 17.6 Å². The van der Waals surface area contributed by atoms with E-state index in [9.17, 15) is 4.79 Å². The lowest BCUT2D eigenvalue weighted by Crippen LogP contribution is -2.20. The molecular weight excluding hydrogens is 190 g/mol. The summed E-state index contributed by atoms with van der Waals surface area (Å²) in [5, 5.41) is 8.76. The molecule has 1 N–H and O–H groups in total. The van der Waals surface area contributed by atoms with E-state index in [1.54, 1.807) is 18.4 Å². The summed E-state index contributed by atoms with van der Waals surface area (Å²) in [6, 6.07) is 9.85. The molecule has 1 aliphatic heterocycles. The lowest BCUT2D eigenvalue weighted by atomic mass is 10.2. The van der Waals surface area contributed by atoms with Crippen molar-refractivity contribution in [3.63, 3.8) is 0 Å². The molecule has 0 amide bonds. The molecule has 76 valence electrons. The van der Waals surface area contributed by atoms with Crippen molar-refractivity contribution in [1.82, 2.24) is 0 Å². The Bertz CT molecular complexity index is 421. The lowest BCUT2D eigenvalue weighted by Gasteiger charge is -2.21.